The van der Waals surface area contributed by atoms with Gasteiger partial charge in [-0.25, -0.2) is 9.79 Å². The van der Waals surface area contributed by atoms with E-state index in [2.05, 4.69) is 22.5 Å². The fourth-order valence-electron chi connectivity index (χ4n) is 5.83. The molecular formula is C31H54N4O7. The third-order valence-corrected chi connectivity index (χ3v) is 8.88. The molecule has 3 amide bonds. The molecule has 0 aromatic rings. The van der Waals surface area contributed by atoms with Gasteiger partial charge in [-0.15, -0.1) is 0 Å². The van der Waals surface area contributed by atoms with E-state index in [-0.39, 0.29) is 42.3 Å². The maximum Gasteiger partial charge on any atom is 0.328 e. The summed E-state index contributed by atoms with van der Waals surface area (Å²) in [6.07, 6.45) is 3.22. The van der Waals surface area contributed by atoms with E-state index in [1.165, 1.54) is 4.90 Å². The Hall–Kier alpha value is -2.69. The predicted molar refractivity (Wildman–Crippen MR) is 161 cm³/mol. The molecule has 42 heavy (non-hydrogen) atoms. The Balaban J connectivity index is 2.53. The molecule has 2 aliphatic rings. The predicted octanol–water partition coefficient (Wildman–Crippen LogP) is 3.24. The summed E-state index contributed by atoms with van der Waals surface area (Å²) in [7, 11) is 3.26. The van der Waals surface area contributed by atoms with Gasteiger partial charge in [-0.2, -0.15) is 0 Å². The molecule has 2 heterocycles. The number of methoxy groups -OCH3 is 1. The van der Waals surface area contributed by atoms with Crippen molar-refractivity contribution in [2.45, 2.75) is 130 Å². The molecule has 0 saturated carbocycles. The van der Waals surface area contributed by atoms with E-state index in [0.717, 1.165) is 19.3 Å². The lowest BCUT2D eigenvalue weighted by atomic mass is 9.77. The highest BCUT2D eigenvalue weighted by Crippen LogP contribution is 2.34. The third kappa shape index (κ3) is 8.02. The van der Waals surface area contributed by atoms with Gasteiger partial charge >= 0.3 is 5.97 Å². The molecule has 0 spiro atoms. The molecule has 0 radical (unpaired) electrons. The van der Waals surface area contributed by atoms with Crippen LogP contribution in [0.3, 0.4) is 0 Å². The van der Waals surface area contributed by atoms with Crippen LogP contribution in [-0.4, -0.2) is 91.1 Å². The van der Waals surface area contributed by atoms with Crippen molar-refractivity contribution < 1.29 is 33.4 Å². The summed E-state index contributed by atoms with van der Waals surface area (Å²) in [6, 6.07) is -2.48. The number of fused-ring (bicyclic) bond motifs is 1. The van der Waals surface area contributed by atoms with Gasteiger partial charge < -0.3 is 29.7 Å². The summed E-state index contributed by atoms with van der Waals surface area (Å²) >= 11 is 0. The summed E-state index contributed by atoms with van der Waals surface area (Å²) in [6.45, 7) is 16.3. The third-order valence-electron chi connectivity index (χ3n) is 8.88. The standard InChI is InChI=1S/C31H54N4O7/c1-12-14-22(40-11)16-15-19(4)24-30(7,8)28(38)33-20(5)26-34-31(9,17-41-26)29(39)35(10)23(18(3)13-2)25(36)32-21(6)27(37)42-24/h18-24H,12-17H2,1-11H3,(H,32,36)(H,33,38)/t18-,19-,20+,21-,22+,23-,24+,31-/m0/s1. The summed E-state index contributed by atoms with van der Waals surface area (Å²) in [4.78, 5) is 60.5. The summed E-state index contributed by atoms with van der Waals surface area (Å²) in [5, 5.41) is 5.74. The Morgan fingerprint density at radius 2 is 1.64 bits per heavy atom. The molecule has 0 aromatic heterocycles. The van der Waals surface area contributed by atoms with Crippen molar-refractivity contribution >= 4 is 29.6 Å². The van der Waals surface area contributed by atoms with Crippen LogP contribution in [0.15, 0.2) is 4.99 Å². The molecule has 0 aromatic carbocycles. The number of esters is 1. The monoisotopic (exact) mass is 594 g/mol. The second-order valence-corrected chi connectivity index (χ2v) is 13.0. The average Bonchev–Trinajstić information content (AvgIpc) is 3.35. The van der Waals surface area contributed by atoms with Gasteiger partial charge in [-0.3, -0.25) is 14.4 Å². The molecule has 11 heteroatoms. The van der Waals surface area contributed by atoms with Crippen LogP contribution in [0.2, 0.25) is 0 Å². The molecule has 2 bridgehead atoms. The molecule has 2 rings (SSSR count). The fraction of sp³-hybridized carbons (Fsp3) is 0.839. The molecule has 2 aliphatic heterocycles. The highest BCUT2D eigenvalue weighted by Gasteiger charge is 2.48. The highest BCUT2D eigenvalue weighted by atomic mass is 16.5. The first-order chi connectivity index (χ1) is 19.5. The normalized spacial score (nSPS) is 31.3. The Labute approximate surface area is 251 Å². The SMILES string of the molecule is CCC[C@H](CC[C@H](C)[C@H]1OC(=O)[C@H](C)NC(=O)[C@H]([C@@H](C)CC)N(C)C(=O)[C@]2(C)COC(=N2)[C@@H](C)NC(=O)C1(C)C)OC. The fourth-order valence-corrected chi connectivity index (χ4v) is 5.83. The molecule has 0 unspecified atom stereocenters. The lowest BCUT2D eigenvalue weighted by molar-refractivity contribution is -0.167. The van der Waals surface area contributed by atoms with E-state index in [1.807, 2.05) is 20.8 Å². The van der Waals surface area contributed by atoms with Crippen molar-refractivity contribution in [2.75, 3.05) is 20.8 Å². The first-order valence-electron chi connectivity index (χ1n) is 15.4. The van der Waals surface area contributed by atoms with Crippen molar-refractivity contribution in [3.05, 3.63) is 0 Å². The van der Waals surface area contributed by atoms with Crippen molar-refractivity contribution in [2.24, 2.45) is 22.2 Å². The van der Waals surface area contributed by atoms with E-state index in [9.17, 15) is 19.2 Å². The maximum atomic E-state index is 13.7. The lowest BCUT2D eigenvalue weighted by Gasteiger charge is -2.38. The first-order valence-corrected chi connectivity index (χ1v) is 15.4. The van der Waals surface area contributed by atoms with Crippen LogP contribution < -0.4 is 10.6 Å². The molecule has 2 N–H and O–H groups in total. The maximum absolute atomic E-state index is 13.7. The quantitative estimate of drug-likeness (QED) is 0.391. The largest absolute Gasteiger partial charge is 0.476 e. The zero-order chi connectivity index (χ0) is 32.0. The van der Waals surface area contributed by atoms with Crippen LogP contribution in [0.25, 0.3) is 0 Å². The van der Waals surface area contributed by atoms with Gasteiger partial charge in [0, 0.05) is 14.2 Å². The first kappa shape index (κ1) is 35.5. The number of aliphatic imine (C=N–C) groups is 1. The number of carbonyl (C=O) groups is 4. The minimum Gasteiger partial charge on any atom is -0.476 e. The van der Waals surface area contributed by atoms with Gasteiger partial charge in [0.2, 0.25) is 17.7 Å². The molecule has 240 valence electrons. The number of likely N-dealkylation sites (N-methyl/N-ethyl adjacent to an activating group) is 1. The Bertz CT molecular complexity index is 1020. The lowest BCUT2D eigenvalue weighted by Crippen LogP contribution is -2.58. The van der Waals surface area contributed by atoms with Gasteiger partial charge in [0.25, 0.3) is 5.91 Å². The van der Waals surface area contributed by atoms with Gasteiger partial charge in [0.1, 0.15) is 30.8 Å². The number of ether oxygens (including phenoxy) is 3. The number of amides is 3. The van der Waals surface area contributed by atoms with E-state index < -0.39 is 47.1 Å². The molecule has 0 aliphatic carbocycles. The molecule has 0 saturated heterocycles. The number of hydrogen-bond acceptors (Lipinski definition) is 8. The summed E-state index contributed by atoms with van der Waals surface area (Å²) in [5.74, 6) is -1.99. The second kappa shape index (κ2) is 14.7. The minimum absolute atomic E-state index is 0.0138. The summed E-state index contributed by atoms with van der Waals surface area (Å²) < 4.78 is 17.5. The number of carbonyl (C=O) groups excluding carboxylic acids is 4. The van der Waals surface area contributed by atoms with Gasteiger partial charge in [0.15, 0.2) is 5.54 Å². The molecule has 11 nitrogen and oxygen atoms in total. The number of cyclic esters (lactones) is 1. The van der Waals surface area contributed by atoms with E-state index in [0.29, 0.717) is 12.8 Å². The average molecular weight is 595 g/mol. The van der Waals surface area contributed by atoms with Crippen LogP contribution in [-0.2, 0) is 33.4 Å². The van der Waals surface area contributed by atoms with E-state index in [4.69, 9.17) is 14.2 Å². The Kier molecular flexibility index (Phi) is 12.4. The highest BCUT2D eigenvalue weighted by molar-refractivity contribution is 5.98. The van der Waals surface area contributed by atoms with E-state index >= 15 is 0 Å². The van der Waals surface area contributed by atoms with Crippen molar-refractivity contribution in [1.29, 1.82) is 0 Å². The smallest absolute Gasteiger partial charge is 0.328 e. The minimum atomic E-state index is -1.26. The molecule has 8 atom stereocenters. The van der Waals surface area contributed by atoms with Gasteiger partial charge in [-0.05, 0) is 65.7 Å². The van der Waals surface area contributed by atoms with Gasteiger partial charge in [-0.1, -0.05) is 40.5 Å². The number of nitrogens with zero attached hydrogens (tertiary/aromatic N) is 2. The number of rotatable bonds is 9. The molecular weight excluding hydrogens is 540 g/mol. The van der Waals surface area contributed by atoms with Crippen LogP contribution in [0.1, 0.15) is 94.4 Å². The molecule has 0 fully saturated rings. The topological polar surface area (TPSA) is 136 Å². The number of hydrogen-bond donors (Lipinski definition) is 2. The second-order valence-electron chi connectivity index (χ2n) is 13.0. The van der Waals surface area contributed by atoms with Crippen LogP contribution in [0, 0.1) is 17.3 Å². The van der Waals surface area contributed by atoms with E-state index in [1.54, 1.807) is 48.8 Å². The Morgan fingerprint density at radius 3 is 2.21 bits per heavy atom. The van der Waals surface area contributed by atoms with Crippen LogP contribution in [0.5, 0.6) is 0 Å². The van der Waals surface area contributed by atoms with Crippen LogP contribution in [0.4, 0.5) is 0 Å². The van der Waals surface area contributed by atoms with Crippen molar-refractivity contribution in [1.82, 2.24) is 15.5 Å². The Morgan fingerprint density at radius 1 is 1.00 bits per heavy atom. The zero-order valence-electron chi connectivity index (χ0n) is 27.5. The van der Waals surface area contributed by atoms with Crippen molar-refractivity contribution in [3.8, 4) is 0 Å². The summed E-state index contributed by atoms with van der Waals surface area (Å²) in [5.41, 5.74) is -2.41. The zero-order valence-corrected chi connectivity index (χ0v) is 27.5. The van der Waals surface area contributed by atoms with Crippen LogP contribution >= 0.6 is 0 Å². The van der Waals surface area contributed by atoms with Crippen molar-refractivity contribution in [3.63, 3.8) is 0 Å². The van der Waals surface area contributed by atoms with Gasteiger partial charge in [0.05, 0.1) is 11.5 Å². The number of nitrogens with one attached hydrogen (secondary N) is 2.